The third kappa shape index (κ3) is 6.40. The summed E-state index contributed by atoms with van der Waals surface area (Å²) in [6, 6.07) is 4.03. The molecule has 6 heteroatoms. The Hall–Kier alpha value is -1.05. The summed E-state index contributed by atoms with van der Waals surface area (Å²) in [5.41, 5.74) is 1.15. The largest absolute Gasteiger partial charge is 0.362 e. The van der Waals surface area contributed by atoms with E-state index < -0.39 is 0 Å². The molecule has 0 saturated carbocycles. The van der Waals surface area contributed by atoms with Gasteiger partial charge in [0.05, 0.1) is 0 Å². The summed E-state index contributed by atoms with van der Waals surface area (Å²) in [7, 11) is 5.78. The molecule has 0 atom stereocenters. The lowest BCUT2D eigenvalue weighted by Crippen LogP contribution is -2.38. The minimum Gasteiger partial charge on any atom is -0.362 e. The number of hydrogen-bond acceptors (Lipinski definition) is 3. The Labute approximate surface area is 139 Å². The van der Waals surface area contributed by atoms with Crippen LogP contribution in [-0.2, 0) is 6.54 Å². The summed E-state index contributed by atoms with van der Waals surface area (Å²) in [5.74, 6) is 2.39. The van der Waals surface area contributed by atoms with Crippen molar-refractivity contribution in [2.45, 2.75) is 20.4 Å². The van der Waals surface area contributed by atoms with Gasteiger partial charge in [-0.3, -0.25) is 4.99 Å². The first kappa shape index (κ1) is 18.9. The maximum atomic E-state index is 4.38. The molecule has 2 N–H and O–H groups in total. The molecule has 1 heterocycles. The number of halogens is 1. The minimum atomic E-state index is 0. The summed E-state index contributed by atoms with van der Waals surface area (Å²) >= 11 is 0. The molecule has 1 aromatic rings. The normalized spacial score (nSPS) is 11.0. The fourth-order valence-corrected chi connectivity index (χ4v) is 1.67. The highest BCUT2D eigenvalue weighted by molar-refractivity contribution is 14.0. The highest BCUT2D eigenvalue weighted by Gasteiger charge is 2.06. The first-order valence-corrected chi connectivity index (χ1v) is 6.60. The Balaban J connectivity index is 0.00000361. The SMILES string of the molecule is CN=C(NCc1cccnc1N(C)C)NCC(C)C.I. The number of nitrogens with one attached hydrogen (secondary N) is 2. The van der Waals surface area contributed by atoms with Crippen LogP contribution in [0.2, 0.25) is 0 Å². The van der Waals surface area contributed by atoms with Crippen molar-refractivity contribution in [2.75, 3.05) is 32.6 Å². The molecule has 0 unspecified atom stereocenters. The zero-order valence-electron chi connectivity index (χ0n) is 13.0. The van der Waals surface area contributed by atoms with Crippen LogP contribution in [0.4, 0.5) is 5.82 Å². The highest BCUT2D eigenvalue weighted by atomic mass is 127. The summed E-state index contributed by atoms with van der Waals surface area (Å²) in [6.45, 7) is 5.96. The molecule has 0 amide bonds. The number of nitrogens with zero attached hydrogens (tertiary/aromatic N) is 3. The predicted octanol–water partition coefficient (Wildman–Crippen LogP) is 2.09. The van der Waals surface area contributed by atoms with Crippen LogP contribution in [0, 0.1) is 5.92 Å². The Kier molecular flexibility index (Phi) is 9.28. The number of guanidine groups is 1. The van der Waals surface area contributed by atoms with Crippen molar-refractivity contribution in [3.8, 4) is 0 Å². The molecule has 0 radical (unpaired) electrons. The van der Waals surface area contributed by atoms with E-state index >= 15 is 0 Å². The lowest BCUT2D eigenvalue weighted by atomic mass is 10.2. The maximum Gasteiger partial charge on any atom is 0.191 e. The third-order valence-electron chi connectivity index (χ3n) is 2.64. The molecule has 0 fully saturated rings. The van der Waals surface area contributed by atoms with Gasteiger partial charge in [-0.1, -0.05) is 19.9 Å². The standard InChI is InChI=1S/C14H25N5.HI/c1-11(2)9-17-14(15-3)18-10-12-7-6-8-16-13(12)19(4)5;/h6-8,11H,9-10H2,1-5H3,(H2,15,17,18);1H. The molecular weight excluding hydrogens is 365 g/mol. The molecule has 0 aliphatic rings. The molecule has 5 nitrogen and oxygen atoms in total. The van der Waals surface area contributed by atoms with E-state index in [0.717, 1.165) is 23.9 Å². The van der Waals surface area contributed by atoms with Crippen molar-refractivity contribution >= 4 is 35.8 Å². The second kappa shape index (κ2) is 9.79. The van der Waals surface area contributed by atoms with Gasteiger partial charge in [0.1, 0.15) is 5.82 Å². The Morgan fingerprint density at radius 1 is 1.35 bits per heavy atom. The molecule has 1 aromatic heterocycles. The summed E-state index contributed by atoms with van der Waals surface area (Å²) < 4.78 is 0. The molecular formula is C14H26IN5. The first-order chi connectivity index (χ1) is 9.04. The van der Waals surface area contributed by atoms with Gasteiger partial charge in [-0.05, 0) is 12.0 Å². The molecule has 0 aliphatic carbocycles. The van der Waals surface area contributed by atoms with Crippen LogP contribution in [0.25, 0.3) is 0 Å². The van der Waals surface area contributed by atoms with Gasteiger partial charge in [-0.25, -0.2) is 4.98 Å². The van der Waals surface area contributed by atoms with Crippen molar-refractivity contribution in [3.05, 3.63) is 23.9 Å². The van der Waals surface area contributed by atoms with Gasteiger partial charge in [0, 0.05) is 46.0 Å². The van der Waals surface area contributed by atoms with Gasteiger partial charge in [-0.15, -0.1) is 24.0 Å². The van der Waals surface area contributed by atoms with Crippen LogP contribution in [0.15, 0.2) is 23.3 Å². The van der Waals surface area contributed by atoms with Gasteiger partial charge >= 0.3 is 0 Å². The van der Waals surface area contributed by atoms with E-state index in [0.29, 0.717) is 12.5 Å². The highest BCUT2D eigenvalue weighted by Crippen LogP contribution is 2.13. The molecule has 0 spiro atoms. The molecule has 20 heavy (non-hydrogen) atoms. The second-order valence-corrected chi connectivity index (χ2v) is 5.08. The number of rotatable bonds is 5. The van der Waals surface area contributed by atoms with Gasteiger partial charge < -0.3 is 15.5 Å². The summed E-state index contributed by atoms with van der Waals surface area (Å²) in [6.07, 6.45) is 1.81. The van der Waals surface area contributed by atoms with Crippen LogP contribution >= 0.6 is 24.0 Å². The number of anilines is 1. The zero-order chi connectivity index (χ0) is 14.3. The number of pyridine rings is 1. The Morgan fingerprint density at radius 2 is 2.05 bits per heavy atom. The van der Waals surface area contributed by atoms with Crippen molar-refractivity contribution in [1.82, 2.24) is 15.6 Å². The van der Waals surface area contributed by atoms with Crippen molar-refractivity contribution in [2.24, 2.45) is 10.9 Å². The van der Waals surface area contributed by atoms with Crippen LogP contribution in [0.1, 0.15) is 19.4 Å². The average molecular weight is 391 g/mol. The van der Waals surface area contributed by atoms with Crippen molar-refractivity contribution < 1.29 is 0 Å². The van der Waals surface area contributed by atoms with Gasteiger partial charge in [0.15, 0.2) is 5.96 Å². The third-order valence-corrected chi connectivity index (χ3v) is 2.64. The second-order valence-electron chi connectivity index (χ2n) is 5.08. The fourth-order valence-electron chi connectivity index (χ4n) is 1.67. The molecule has 114 valence electrons. The Morgan fingerprint density at radius 3 is 2.60 bits per heavy atom. The summed E-state index contributed by atoms with van der Waals surface area (Å²) in [5, 5.41) is 6.60. The number of hydrogen-bond donors (Lipinski definition) is 2. The predicted molar refractivity (Wildman–Crippen MR) is 97.0 cm³/mol. The van der Waals surface area contributed by atoms with Gasteiger partial charge in [-0.2, -0.15) is 0 Å². The lowest BCUT2D eigenvalue weighted by Gasteiger charge is -2.18. The monoisotopic (exact) mass is 391 g/mol. The van der Waals surface area contributed by atoms with E-state index in [-0.39, 0.29) is 24.0 Å². The van der Waals surface area contributed by atoms with Crippen molar-refractivity contribution in [3.63, 3.8) is 0 Å². The van der Waals surface area contributed by atoms with Crippen LogP contribution < -0.4 is 15.5 Å². The molecule has 0 aliphatic heterocycles. The summed E-state index contributed by atoms with van der Waals surface area (Å²) in [4.78, 5) is 10.6. The maximum absolute atomic E-state index is 4.38. The number of aromatic nitrogens is 1. The Bertz CT molecular complexity index is 418. The van der Waals surface area contributed by atoms with E-state index in [1.165, 1.54) is 0 Å². The smallest absolute Gasteiger partial charge is 0.191 e. The molecule has 0 saturated heterocycles. The van der Waals surface area contributed by atoms with Gasteiger partial charge in [0.25, 0.3) is 0 Å². The topological polar surface area (TPSA) is 52.6 Å². The molecule has 1 rings (SSSR count). The zero-order valence-corrected chi connectivity index (χ0v) is 15.3. The van der Waals surface area contributed by atoms with Crippen LogP contribution in [-0.4, -0.2) is 38.6 Å². The lowest BCUT2D eigenvalue weighted by molar-refractivity contribution is 0.614. The van der Waals surface area contributed by atoms with Gasteiger partial charge in [0.2, 0.25) is 0 Å². The van der Waals surface area contributed by atoms with E-state index in [1.807, 2.05) is 31.3 Å². The minimum absolute atomic E-state index is 0. The number of aliphatic imine (C=N–C) groups is 1. The quantitative estimate of drug-likeness (QED) is 0.459. The fraction of sp³-hybridized carbons (Fsp3) is 0.571. The van der Waals surface area contributed by atoms with E-state index in [4.69, 9.17) is 0 Å². The first-order valence-electron chi connectivity index (χ1n) is 6.60. The molecule has 0 bridgehead atoms. The average Bonchev–Trinajstić information content (AvgIpc) is 2.39. The van der Waals surface area contributed by atoms with Crippen LogP contribution in [0.3, 0.4) is 0 Å². The molecule has 0 aromatic carbocycles. The van der Waals surface area contributed by atoms with E-state index in [9.17, 15) is 0 Å². The van der Waals surface area contributed by atoms with Crippen LogP contribution in [0.5, 0.6) is 0 Å². The van der Waals surface area contributed by atoms with E-state index in [2.05, 4.69) is 40.5 Å². The van der Waals surface area contributed by atoms with Crippen molar-refractivity contribution in [1.29, 1.82) is 0 Å². The van der Waals surface area contributed by atoms with E-state index in [1.54, 1.807) is 7.05 Å².